The summed E-state index contributed by atoms with van der Waals surface area (Å²) in [5.74, 6) is 2.61. The summed E-state index contributed by atoms with van der Waals surface area (Å²) in [6, 6.07) is 0. The summed E-state index contributed by atoms with van der Waals surface area (Å²) in [4.78, 5) is 0. The summed E-state index contributed by atoms with van der Waals surface area (Å²) < 4.78 is 11.5. The highest BCUT2D eigenvalue weighted by atomic mass is 16.6. The van der Waals surface area contributed by atoms with Gasteiger partial charge >= 0.3 is 0 Å². The quantitative estimate of drug-likeness (QED) is 0.510. The van der Waals surface area contributed by atoms with E-state index in [1.54, 1.807) is 12.2 Å². The Morgan fingerprint density at radius 1 is 0.750 bits per heavy atom. The molecule has 0 atom stereocenters. The third-order valence-electron chi connectivity index (χ3n) is 2.31. The van der Waals surface area contributed by atoms with Crippen LogP contribution in [0, 0.1) is 0 Å². The molecule has 0 unspecified atom stereocenters. The van der Waals surface area contributed by atoms with Crippen molar-refractivity contribution in [3.8, 4) is 0 Å². The smallest absolute Gasteiger partial charge is 0.169 e. The largest absolute Gasteiger partial charge is 0.450 e. The molecule has 0 saturated carbocycles. The van der Waals surface area contributed by atoms with Gasteiger partial charge in [-0.2, -0.15) is 0 Å². The molecule has 0 aromatic carbocycles. The van der Waals surface area contributed by atoms with E-state index in [0.29, 0.717) is 17.3 Å². The van der Waals surface area contributed by atoms with Crippen LogP contribution in [0.15, 0.2) is 72.7 Å². The third-order valence-corrected chi connectivity index (χ3v) is 2.31. The molecule has 0 fully saturated rings. The number of hydrogen-bond acceptors (Lipinski definition) is 2. The second kappa shape index (κ2) is 21.0. The van der Waals surface area contributed by atoms with E-state index in [0.717, 1.165) is 18.6 Å². The minimum atomic E-state index is 0.592. The Morgan fingerprint density at radius 2 is 1.21 bits per heavy atom. The lowest BCUT2D eigenvalue weighted by molar-refractivity contribution is 0.187. The standard InChI is InChI=1S/C16H20O2.3C2H6/c1-5-9-10-12-16-15(11-6-2)17-13(7-3)14(8-4)18-16;3*1-2/h7-12H,3-6H2,1-2H3;3*1-2H3/b10-9-,15-11+,16-12+;;;. The fourth-order valence-corrected chi connectivity index (χ4v) is 1.46. The Kier molecular flexibility index (Phi) is 23.6. The average molecular weight is 335 g/mol. The van der Waals surface area contributed by atoms with Crippen LogP contribution in [-0.2, 0) is 9.47 Å². The van der Waals surface area contributed by atoms with E-state index in [4.69, 9.17) is 9.47 Å². The minimum Gasteiger partial charge on any atom is -0.450 e. The summed E-state index contributed by atoms with van der Waals surface area (Å²) in [5, 5.41) is 0. The van der Waals surface area contributed by atoms with Gasteiger partial charge in [-0.25, -0.2) is 0 Å². The molecule has 24 heavy (non-hydrogen) atoms. The monoisotopic (exact) mass is 334 g/mol. The van der Waals surface area contributed by atoms with Gasteiger partial charge in [-0.15, -0.1) is 0 Å². The molecule has 0 amide bonds. The summed E-state index contributed by atoms with van der Waals surface area (Å²) in [5.41, 5.74) is 0. The molecule has 0 saturated heterocycles. The first-order valence-electron chi connectivity index (χ1n) is 9.19. The fourth-order valence-electron chi connectivity index (χ4n) is 1.46. The highest BCUT2D eigenvalue weighted by Crippen LogP contribution is 2.29. The first-order valence-corrected chi connectivity index (χ1v) is 9.19. The van der Waals surface area contributed by atoms with Crippen LogP contribution in [0.4, 0.5) is 0 Å². The van der Waals surface area contributed by atoms with Crippen molar-refractivity contribution >= 4 is 0 Å². The molecule has 0 bridgehead atoms. The lowest BCUT2D eigenvalue weighted by Crippen LogP contribution is -2.08. The Bertz CT molecular complexity index is 435. The Hall–Kier alpha value is -1.96. The normalized spacial score (nSPS) is 15.8. The molecule has 0 spiro atoms. The van der Waals surface area contributed by atoms with Crippen LogP contribution in [-0.4, -0.2) is 0 Å². The molecule has 2 heteroatoms. The molecule has 0 radical (unpaired) electrons. The molecular weight excluding hydrogens is 296 g/mol. The molecule has 138 valence electrons. The predicted molar refractivity (Wildman–Crippen MR) is 110 cm³/mol. The molecule has 1 heterocycles. The number of ether oxygens (including phenoxy) is 2. The van der Waals surface area contributed by atoms with Crippen molar-refractivity contribution < 1.29 is 9.47 Å². The zero-order valence-electron chi connectivity index (χ0n) is 17.1. The lowest BCUT2D eigenvalue weighted by Gasteiger charge is -2.22. The number of rotatable bonds is 5. The van der Waals surface area contributed by atoms with Crippen LogP contribution < -0.4 is 0 Å². The maximum atomic E-state index is 5.76. The summed E-state index contributed by atoms with van der Waals surface area (Å²) in [6.45, 7) is 23.6. The van der Waals surface area contributed by atoms with Crippen LogP contribution in [0.25, 0.3) is 0 Å². The Morgan fingerprint density at radius 3 is 1.58 bits per heavy atom. The first kappa shape index (κ1) is 26.9. The van der Waals surface area contributed by atoms with Gasteiger partial charge in [-0.3, -0.25) is 0 Å². The maximum absolute atomic E-state index is 5.76. The van der Waals surface area contributed by atoms with Gasteiger partial charge in [0.2, 0.25) is 0 Å². The molecule has 0 aromatic rings. The zero-order chi connectivity index (χ0) is 19.4. The van der Waals surface area contributed by atoms with Gasteiger partial charge in [0.15, 0.2) is 23.0 Å². The second-order valence-electron chi connectivity index (χ2n) is 3.68. The van der Waals surface area contributed by atoms with Crippen LogP contribution in [0.5, 0.6) is 0 Å². The molecule has 1 aliphatic heterocycles. The van der Waals surface area contributed by atoms with E-state index < -0.39 is 0 Å². The topological polar surface area (TPSA) is 18.5 Å². The van der Waals surface area contributed by atoms with Crippen molar-refractivity contribution in [3.63, 3.8) is 0 Å². The van der Waals surface area contributed by atoms with Crippen molar-refractivity contribution in [1.82, 2.24) is 0 Å². The van der Waals surface area contributed by atoms with Gasteiger partial charge < -0.3 is 9.47 Å². The van der Waals surface area contributed by atoms with Crippen LogP contribution >= 0.6 is 0 Å². The summed E-state index contributed by atoms with van der Waals surface area (Å²) in [7, 11) is 0. The van der Waals surface area contributed by atoms with Crippen LogP contribution in [0.2, 0.25) is 0 Å². The van der Waals surface area contributed by atoms with Crippen LogP contribution in [0.3, 0.4) is 0 Å². The predicted octanol–water partition coefficient (Wildman–Crippen LogP) is 7.84. The summed E-state index contributed by atoms with van der Waals surface area (Å²) >= 11 is 0. The molecule has 0 N–H and O–H groups in total. The highest BCUT2D eigenvalue weighted by Gasteiger charge is 2.19. The molecular formula is C22H38O2. The van der Waals surface area contributed by atoms with Gasteiger partial charge in [0, 0.05) is 0 Å². The van der Waals surface area contributed by atoms with E-state index in [-0.39, 0.29) is 0 Å². The highest BCUT2D eigenvalue weighted by molar-refractivity contribution is 5.36. The van der Waals surface area contributed by atoms with Crippen molar-refractivity contribution in [1.29, 1.82) is 0 Å². The van der Waals surface area contributed by atoms with Gasteiger partial charge in [-0.05, 0) is 37.1 Å². The number of hydrogen-bond donors (Lipinski definition) is 0. The number of allylic oxidation sites excluding steroid dienone is 6. The maximum Gasteiger partial charge on any atom is 0.169 e. The average Bonchev–Trinajstić information content (AvgIpc) is 2.67. The summed E-state index contributed by atoms with van der Waals surface area (Å²) in [6.07, 6.45) is 13.0. The SMILES string of the molecule is C=CC1=C(C=C)OC(=C/CC)/C(=C\C=C/CC)O1.CC.CC.CC. The minimum absolute atomic E-state index is 0.592. The lowest BCUT2D eigenvalue weighted by atomic mass is 10.2. The van der Waals surface area contributed by atoms with E-state index in [2.05, 4.69) is 33.1 Å². The molecule has 0 aliphatic carbocycles. The van der Waals surface area contributed by atoms with E-state index in [1.807, 2.05) is 59.8 Å². The molecule has 1 aliphatic rings. The molecule has 1 rings (SSSR count). The Labute approximate surface area is 151 Å². The van der Waals surface area contributed by atoms with Gasteiger partial charge in [0.1, 0.15) is 0 Å². The van der Waals surface area contributed by atoms with Gasteiger partial charge in [-0.1, -0.05) is 80.7 Å². The van der Waals surface area contributed by atoms with Crippen molar-refractivity contribution in [2.24, 2.45) is 0 Å². The van der Waals surface area contributed by atoms with Gasteiger partial charge in [0.25, 0.3) is 0 Å². The van der Waals surface area contributed by atoms with Crippen LogP contribution in [0.1, 0.15) is 68.2 Å². The van der Waals surface area contributed by atoms with E-state index >= 15 is 0 Å². The first-order chi connectivity index (χ1) is 11.8. The molecule has 0 aromatic heterocycles. The second-order valence-corrected chi connectivity index (χ2v) is 3.68. The zero-order valence-corrected chi connectivity index (χ0v) is 17.1. The van der Waals surface area contributed by atoms with Crippen molar-refractivity contribution in [3.05, 3.63) is 72.7 Å². The third kappa shape index (κ3) is 10.7. The van der Waals surface area contributed by atoms with E-state index in [1.165, 1.54) is 0 Å². The van der Waals surface area contributed by atoms with Crippen molar-refractivity contribution in [2.75, 3.05) is 0 Å². The van der Waals surface area contributed by atoms with Gasteiger partial charge in [0.05, 0.1) is 0 Å². The molecule has 2 nitrogen and oxygen atoms in total. The Balaban J connectivity index is -0.000000659. The van der Waals surface area contributed by atoms with Crippen molar-refractivity contribution in [2.45, 2.75) is 68.2 Å². The fraction of sp³-hybridized carbons (Fsp3) is 0.455. The van der Waals surface area contributed by atoms with E-state index in [9.17, 15) is 0 Å².